The van der Waals surface area contributed by atoms with E-state index in [1.165, 1.54) is 0 Å². The number of nitrogen functional groups attached to an aromatic ring is 1. The highest BCUT2D eigenvalue weighted by Gasteiger charge is 2.09. The number of rotatable bonds is 3. The first-order chi connectivity index (χ1) is 10.2. The van der Waals surface area contributed by atoms with Gasteiger partial charge in [-0.15, -0.1) is 0 Å². The van der Waals surface area contributed by atoms with Gasteiger partial charge in [0.05, 0.1) is 16.2 Å². The number of aromatic nitrogens is 2. The predicted octanol–water partition coefficient (Wildman–Crippen LogP) is 3.62. The number of fused-ring (bicyclic) bond motifs is 1. The summed E-state index contributed by atoms with van der Waals surface area (Å²) in [5.74, 6) is 6.42. The van der Waals surface area contributed by atoms with E-state index in [1.807, 2.05) is 49.4 Å². The number of nitrogens with one attached hydrogen (secondary N) is 2. The molecule has 0 bridgehead atoms. The third-order valence-electron chi connectivity index (χ3n) is 3.11. The average Bonchev–Trinajstić information content (AvgIpc) is 2.49. The number of para-hydroxylation sites is 1. The highest BCUT2D eigenvalue weighted by molar-refractivity contribution is 6.33. The highest BCUT2D eigenvalue weighted by atomic mass is 35.5. The summed E-state index contributed by atoms with van der Waals surface area (Å²) >= 11 is 6.26. The largest absolute Gasteiger partial charge is 0.338 e. The molecule has 3 rings (SSSR count). The molecule has 6 heteroatoms. The van der Waals surface area contributed by atoms with Crippen LogP contribution in [0.15, 0.2) is 42.5 Å². The summed E-state index contributed by atoms with van der Waals surface area (Å²) in [6, 6.07) is 13.5. The predicted molar refractivity (Wildman–Crippen MR) is 86.8 cm³/mol. The van der Waals surface area contributed by atoms with Crippen molar-refractivity contribution in [1.82, 2.24) is 9.97 Å². The van der Waals surface area contributed by atoms with Crippen LogP contribution >= 0.6 is 11.6 Å². The molecular weight excluding hydrogens is 286 g/mol. The van der Waals surface area contributed by atoms with E-state index in [4.69, 9.17) is 17.4 Å². The first kappa shape index (κ1) is 13.6. The number of hydrogen-bond donors (Lipinski definition) is 3. The lowest BCUT2D eigenvalue weighted by atomic mass is 10.2. The third kappa shape index (κ3) is 2.74. The summed E-state index contributed by atoms with van der Waals surface area (Å²) in [4.78, 5) is 8.67. The smallest absolute Gasteiger partial charge is 0.239 e. The number of nitrogens with zero attached hydrogens (tertiary/aromatic N) is 2. The highest BCUT2D eigenvalue weighted by Crippen LogP contribution is 2.29. The molecule has 0 atom stereocenters. The van der Waals surface area contributed by atoms with Gasteiger partial charge in [-0.25, -0.2) is 10.8 Å². The van der Waals surface area contributed by atoms with Gasteiger partial charge in [0.25, 0.3) is 0 Å². The number of anilines is 3. The fourth-order valence-electron chi connectivity index (χ4n) is 2.09. The Morgan fingerprint density at radius 1 is 1.10 bits per heavy atom. The van der Waals surface area contributed by atoms with Crippen molar-refractivity contribution in [2.45, 2.75) is 6.92 Å². The summed E-state index contributed by atoms with van der Waals surface area (Å²) in [7, 11) is 0. The minimum Gasteiger partial charge on any atom is -0.338 e. The van der Waals surface area contributed by atoms with Crippen LogP contribution in [0.1, 0.15) is 5.56 Å². The molecule has 0 unspecified atom stereocenters. The molecule has 1 aromatic heterocycles. The summed E-state index contributed by atoms with van der Waals surface area (Å²) in [6.45, 7) is 1.99. The molecule has 3 aromatic rings. The van der Waals surface area contributed by atoms with Gasteiger partial charge in [-0.05, 0) is 36.8 Å². The maximum atomic E-state index is 6.26. The summed E-state index contributed by atoms with van der Waals surface area (Å²) in [5.41, 5.74) is 5.16. The SMILES string of the molecule is Cc1ccc(Nc2nc(NN)nc3ccccc23)c(Cl)c1. The van der Waals surface area contributed by atoms with Gasteiger partial charge in [0.1, 0.15) is 5.82 Å². The van der Waals surface area contributed by atoms with E-state index in [9.17, 15) is 0 Å². The van der Waals surface area contributed by atoms with Crippen LogP contribution in [0.4, 0.5) is 17.5 Å². The third-order valence-corrected chi connectivity index (χ3v) is 3.42. The molecule has 0 aliphatic heterocycles. The van der Waals surface area contributed by atoms with E-state index in [0.29, 0.717) is 16.8 Å². The molecular formula is C15H14ClN5. The van der Waals surface area contributed by atoms with Gasteiger partial charge >= 0.3 is 0 Å². The van der Waals surface area contributed by atoms with Crippen molar-refractivity contribution in [3.05, 3.63) is 53.1 Å². The van der Waals surface area contributed by atoms with Crippen LogP contribution in [0.3, 0.4) is 0 Å². The van der Waals surface area contributed by atoms with Gasteiger partial charge in [-0.1, -0.05) is 29.8 Å². The van der Waals surface area contributed by atoms with Crippen molar-refractivity contribution in [3.8, 4) is 0 Å². The lowest BCUT2D eigenvalue weighted by molar-refractivity contribution is 1.15. The number of nitrogens with two attached hydrogens (primary N) is 1. The van der Waals surface area contributed by atoms with Crippen LogP contribution in [0, 0.1) is 6.92 Å². The van der Waals surface area contributed by atoms with E-state index in [2.05, 4.69) is 20.7 Å². The van der Waals surface area contributed by atoms with Gasteiger partial charge in [0.15, 0.2) is 0 Å². The monoisotopic (exact) mass is 299 g/mol. The first-order valence-corrected chi connectivity index (χ1v) is 6.82. The molecule has 0 aliphatic rings. The fourth-order valence-corrected chi connectivity index (χ4v) is 2.37. The molecule has 0 saturated carbocycles. The Labute approximate surface area is 127 Å². The Bertz CT molecular complexity index is 803. The Morgan fingerprint density at radius 3 is 2.67 bits per heavy atom. The Balaban J connectivity index is 2.10. The van der Waals surface area contributed by atoms with Gasteiger partial charge in [0.2, 0.25) is 5.95 Å². The van der Waals surface area contributed by atoms with Crippen molar-refractivity contribution < 1.29 is 0 Å². The standard InChI is InChI=1S/C15H14ClN5/c1-9-6-7-13(11(16)8-9)18-14-10-4-2-3-5-12(10)19-15(20-14)21-17/h2-8H,17H2,1H3,(H2,18,19,20,21). The van der Waals surface area contributed by atoms with Crippen molar-refractivity contribution in [2.24, 2.45) is 5.84 Å². The zero-order valence-corrected chi connectivity index (χ0v) is 12.1. The molecule has 0 spiro atoms. The van der Waals surface area contributed by atoms with Gasteiger partial charge in [0, 0.05) is 5.39 Å². The van der Waals surface area contributed by atoms with Crippen LogP contribution in [0.25, 0.3) is 10.9 Å². The second kappa shape index (κ2) is 5.55. The molecule has 0 radical (unpaired) electrons. The van der Waals surface area contributed by atoms with Gasteiger partial charge in [-0.3, -0.25) is 5.43 Å². The minimum absolute atomic E-state index is 0.347. The Morgan fingerprint density at radius 2 is 1.90 bits per heavy atom. The number of hydrogen-bond acceptors (Lipinski definition) is 5. The molecule has 21 heavy (non-hydrogen) atoms. The molecule has 0 aliphatic carbocycles. The second-order valence-corrected chi connectivity index (χ2v) is 5.07. The minimum atomic E-state index is 0.347. The van der Waals surface area contributed by atoms with E-state index in [-0.39, 0.29) is 0 Å². The Kier molecular flexibility index (Phi) is 3.60. The maximum absolute atomic E-state index is 6.26. The zero-order valence-electron chi connectivity index (χ0n) is 11.4. The molecule has 4 N–H and O–H groups in total. The normalized spacial score (nSPS) is 10.6. The lowest BCUT2D eigenvalue weighted by Crippen LogP contribution is -2.11. The summed E-state index contributed by atoms with van der Waals surface area (Å²) in [6.07, 6.45) is 0. The average molecular weight is 300 g/mol. The van der Waals surface area contributed by atoms with Crippen molar-refractivity contribution in [1.29, 1.82) is 0 Å². The molecule has 1 heterocycles. The maximum Gasteiger partial charge on any atom is 0.239 e. The van der Waals surface area contributed by atoms with Crippen LogP contribution in [0.2, 0.25) is 5.02 Å². The van der Waals surface area contributed by atoms with Crippen molar-refractivity contribution >= 4 is 40.0 Å². The van der Waals surface area contributed by atoms with E-state index in [0.717, 1.165) is 22.2 Å². The van der Waals surface area contributed by atoms with E-state index in [1.54, 1.807) is 0 Å². The first-order valence-electron chi connectivity index (χ1n) is 6.44. The molecule has 0 fully saturated rings. The van der Waals surface area contributed by atoms with E-state index < -0.39 is 0 Å². The number of benzene rings is 2. The van der Waals surface area contributed by atoms with Gasteiger partial charge < -0.3 is 5.32 Å². The molecule has 0 amide bonds. The van der Waals surface area contributed by atoms with Crippen LogP contribution in [0.5, 0.6) is 0 Å². The van der Waals surface area contributed by atoms with Crippen LogP contribution in [-0.2, 0) is 0 Å². The van der Waals surface area contributed by atoms with Crippen molar-refractivity contribution in [3.63, 3.8) is 0 Å². The van der Waals surface area contributed by atoms with Crippen LogP contribution in [-0.4, -0.2) is 9.97 Å². The van der Waals surface area contributed by atoms with Crippen molar-refractivity contribution in [2.75, 3.05) is 10.7 Å². The zero-order chi connectivity index (χ0) is 14.8. The molecule has 5 nitrogen and oxygen atoms in total. The molecule has 2 aromatic carbocycles. The van der Waals surface area contributed by atoms with Crippen LogP contribution < -0.4 is 16.6 Å². The Hall–Kier alpha value is -2.37. The topological polar surface area (TPSA) is 75.9 Å². The quantitative estimate of drug-likeness (QED) is 0.509. The number of hydrazine groups is 1. The fraction of sp³-hybridized carbons (Fsp3) is 0.0667. The number of aryl methyl sites for hydroxylation is 1. The molecule has 106 valence electrons. The second-order valence-electron chi connectivity index (χ2n) is 4.67. The summed E-state index contributed by atoms with van der Waals surface area (Å²) < 4.78 is 0. The molecule has 0 saturated heterocycles. The number of halogens is 1. The van der Waals surface area contributed by atoms with E-state index >= 15 is 0 Å². The van der Waals surface area contributed by atoms with Gasteiger partial charge in [-0.2, -0.15) is 4.98 Å². The summed E-state index contributed by atoms with van der Waals surface area (Å²) in [5, 5.41) is 4.77. The lowest BCUT2D eigenvalue weighted by Gasteiger charge is -2.12.